The molecule has 0 radical (unpaired) electrons. The lowest BCUT2D eigenvalue weighted by Crippen LogP contribution is -1.86. The van der Waals surface area contributed by atoms with Crippen LogP contribution in [0.15, 0.2) is 23.1 Å². The molecule has 0 unspecified atom stereocenters. The monoisotopic (exact) mass is 220 g/mol. The van der Waals surface area contributed by atoms with Crippen LogP contribution in [0.5, 0.6) is 0 Å². The molecule has 12 heavy (non-hydrogen) atoms. The second-order valence-electron chi connectivity index (χ2n) is 2.58. The summed E-state index contributed by atoms with van der Waals surface area (Å²) in [5.74, 6) is 0.695. The van der Waals surface area contributed by atoms with Gasteiger partial charge in [0.2, 0.25) is 0 Å². The Hall–Kier alpha value is 0.150. The summed E-state index contributed by atoms with van der Waals surface area (Å²) in [7, 11) is 0. The molecule has 0 N–H and O–H groups in total. The van der Waals surface area contributed by atoms with Crippen LogP contribution in [0.4, 0.5) is 0 Å². The highest BCUT2D eigenvalue weighted by Gasteiger charge is 1.97. The summed E-state index contributed by atoms with van der Waals surface area (Å²) in [4.78, 5) is 0.825. The smallest absolute Gasteiger partial charge is 0.0541 e. The zero-order valence-corrected chi connectivity index (χ0v) is 8.96. The Balaban J connectivity index is 2.69. The third kappa shape index (κ3) is 2.89. The van der Waals surface area contributed by atoms with Gasteiger partial charge in [0.15, 0.2) is 0 Å². The zero-order valence-electron chi connectivity index (χ0n) is 6.56. The molecule has 1 aromatic rings. The van der Waals surface area contributed by atoms with Gasteiger partial charge >= 0.3 is 0 Å². The Morgan fingerprint density at radius 2 is 2.08 bits per heavy atom. The highest BCUT2D eigenvalue weighted by atomic mass is 35.5. The van der Waals surface area contributed by atoms with E-state index in [1.807, 2.05) is 18.2 Å². The van der Waals surface area contributed by atoms with Crippen LogP contribution in [-0.2, 0) is 6.42 Å². The molecule has 0 amide bonds. The third-order valence-electron chi connectivity index (χ3n) is 1.61. The van der Waals surface area contributed by atoms with Gasteiger partial charge in [0.1, 0.15) is 0 Å². The van der Waals surface area contributed by atoms with E-state index in [4.69, 9.17) is 23.2 Å². The number of halogens is 2. The van der Waals surface area contributed by atoms with Gasteiger partial charge in [0.05, 0.1) is 5.02 Å². The van der Waals surface area contributed by atoms with Crippen molar-refractivity contribution in [3.63, 3.8) is 0 Å². The van der Waals surface area contributed by atoms with E-state index in [1.165, 1.54) is 5.56 Å². The second-order valence-corrected chi connectivity index (χ2v) is 3.85. The Kier molecular flexibility index (Phi) is 4.27. The molecular weight excluding hydrogens is 211 g/mol. The van der Waals surface area contributed by atoms with Crippen LogP contribution in [0.1, 0.15) is 12.0 Å². The first-order chi connectivity index (χ1) is 5.74. The van der Waals surface area contributed by atoms with E-state index in [0.29, 0.717) is 10.9 Å². The average Bonchev–Trinajstić information content (AvgIpc) is 2.07. The van der Waals surface area contributed by atoms with Crippen LogP contribution in [0.2, 0.25) is 5.02 Å². The van der Waals surface area contributed by atoms with Crippen molar-refractivity contribution in [2.24, 2.45) is 0 Å². The largest absolute Gasteiger partial charge is 0.142 e. The van der Waals surface area contributed by atoms with E-state index >= 15 is 0 Å². The summed E-state index contributed by atoms with van der Waals surface area (Å²) in [5.41, 5.74) is 1.22. The summed E-state index contributed by atoms with van der Waals surface area (Å²) in [6, 6.07) is 5.88. The Labute approximate surface area is 88.3 Å². The fraction of sp³-hybridized carbons (Fsp3) is 0.333. The molecule has 0 aliphatic heterocycles. The van der Waals surface area contributed by atoms with Gasteiger partial charge in [-0.25, -0.2) is 0 Å². The van der Waals surface area contributed by atoms with Crippen LogP contribution in [-0.4, -0.2) is 5.88 Å². The average molecular weight is 221 g/mol. The van der Waals surface area contributed by atoms with Crippen LogP contribution in [0, 0.1) is 0 Å². The van der Waals surface area contributed by atoms with Crippen molar-refractivity contribution < 1.29 is 0 Å². The molecule has 0 saturated carbocycles. The fourth-order valence-electron chi connectivity index (χ4n) is 0.977. The minimum Gasteiger partial charge on any atom is -0.142 e. The molecular formula is C9H10Cl2S. The minimum absolute atomic E-state index is 0.695. The Morgan fingerprint density at radius 3 is 2.67 bits per heavy atom. The molecule has 0 aliphatic carbocycles. The van der Waals surface area contributed by atoms with Gasteiger partial charge in [-0.15, -0.1) is 24.2 Å². The third-order valence-corrected chi connectivity index (χ3v) is 2.71. The summed E-state index contributed by atoms with van der Waals surface area (Å²) < 4.78 is 0. The molecule has 1 aromatic carbocycles. The quantitative estimate of drug-likeness (QED) is 0.582. The van der Waals surface area contributed by atoms with E-state index in [9.17, 15) is 0 Å². The SMILES string of the molecule is Sc1ccc(CCCCl)cc1Cl. The number of rotatable bonds is 3. The molecule has 0 bridgehead atoms. The van der Waals surface area contributed by atoms with Gasteiger partial charge in [-0.3, -0.25) is 0 Å². The van der Waals surface area contributed by atoms with E-state index in [1.54, 1.807) is 0 Å². The maximum absolute atomic E-state index is 5.88. The minimum atomic E-state index is 0.695. The normalized spacial score (nSPS) is 10.2. The van der Waals surface area contributed by atoms with Crippen molar-refractivity contribution in [1.29, 1.82) is 0 Å². The Morgan fingerprint density at radius 1 is 1.33 bits per heavy atom. The van der Waals surface area contributed by atoms with Gasteiger partial charge in [0, 0.05) is 10.8 Å². The maximum atomic E-state index is 5.88. The number of hydrogen-bond donors (Lipinski definition) is 1. The van der Waals surface area contributed by atoms with Gasteiger partial charge < -0.3 is 0 Å². The van der Waals surface area contributed by atoms with Crippen molar-refractivity contribution in [1.82, 2.24) is 0 Å². The van der Waals surface area contributed by atoms with Crippen molar-refractivity contribution in [3.8, 4) is 0 Å². The first kappa shape index (κ1) is 10.2. The predicted octanol–water partition coefficient (Wildman–Crippen LogP) is 3.80. The lowest BCUT2D eigenvalue weighted by Gasteiger charge is -2.01. The van der Waals surface area contributed by atoms with E-state index in [-0.39, 0.29) is 0 Å². The lowest BCUT2D eigenvalue weighted by molar-refractivity contribution is 0.927. The maximum Gasteiger partial charge on any atom is 0.0541 e. The molecule has 0 nitrogen and oxygen atoms in total. The standard InChI is InChI=1S/C9H10Cl2S/c10-5-1-2-7-3-4-9(12)8(11)6-7/h3-4,6,12H,1-2,5H2. The van der Waals surface area contributed by atoms with Crippen LogP contribution in [0.25, 0.3) is 0 Å². The molecule has 0 saturated heterocycles. The van der Waals surface area contributed by atoms with Gasteiger partial charge in [0.25, 0.3) is 0 Å². The predicted molar refractivity (Wildman–Crippen MR) is 57.7 cm³/mol. The van der Waals surface area contributed by atoms with Crippen molar-refractivity contribution in [2.45, 2.75) is 17.7 Å². The Bertz CT molecular complexity index is 261. The topological polar surface area (TPSA) is 0 Å². The first-order valence-corrected chi connectivity index (χ1v) is 5.13. The molecule has 66 valence electrons. The van der Waals surface area contributed by atoms with Gasteiger partial charge in [-0.2, -0.15) is 0 Å². The van der Waals surface area contributed by atoms with Crippen molar-refractivity contribution in [3.05, 3.63) is 28.8 Å². The lowest BCUT2D eigenvalue weighted by atomic mass is 10.1. The van der Waals surface area contributed by atoms with Crippen molar-refractivity contribution in [2.75, 3.05) is 5.88 Å². The van der Waals surface area contributed by atoms with Gasteiger partial charge in [-0.05, 0) is 30.5 Å². The summed E-state index contributed by atoms with van der Waals surface area (Å²) in [6.07, 6.45) is 1.97. The number of alkyl halides is 1. The zero-order chi connectivity index (χ0) is 8.97. The van der Waals surface area contributed by atoms with Crippen LogP contribution >= 0.6 is 35.8 Å². The van der Waals surface area contributed by atoms with Crippen molar-refractivity contribution >= 4 is 35.8 Å². The van der Waals surface area contributed by atoms with E-state index in [2.05, 4.69) is 12.6 Å². The molecule has 0 fully saturated rings. The molecule has 0 aliphatic rings. The van der Waals surface area contributed by atoms with E-state index in [0.717, 1.165) is 17.7 Å². The summed E-state index contributed by atoms with van der Waals surface area (Å²) in [6.45, 7) is 0. The van der Waals surface area contributed by atoms with Crippen LogP contribution in [0.3, 0.4) is 0 Å². The van der Waals surface area contributed by atoms with Crippen LogP contribution < -0.4 is 0 Å². The molecule has 0 atom stereocenters. The number of thiol groups is 1. The highest BCUT2D eigenvalue weighted by Crippen LogP contribution is 2.21. The second kappa shape index (κ2) is 5.00. The molecule has 0 aromatic heterocycles. The highest BCUT2D eigenvalue weighted by molar-refractivity contribution is 7.80. The summed E-state index contributed by atoms with van der Waals surface area (Å²) in [5, 5.41) is 0.713. The van der Waals surface area contributed by atoms with Gasteiger partial charge in [-0.1, -0.05) is 17.7 Å². The number of hydrogen-bond acceptors (Lipinski definition) is 1. The number of aryl methyl sites for hydroxylation is 1. The molecule has 0 spiro atoms. The summed E-state index contributed by atoms with van der Waals surface area (Å²) >= 11 is 15.6. The molecule has 3 heteroatoms. The molecule has 0 heterocycles. The number of benzene rings is 1. The first-order valence-electron chi connectivity index (χ1n) is 3.77. The fourth-order valence-corrected chi connectivity index (χ4v) is 1.45. The van der Waals surface area contributed by atoms with E-state index < -0.39 is 0 Å². The molecule has 1 rings (SSSR count).